The molecular formula is C37H52Cl2N2O4. The summed E-state index contributed by atoms with van der Waals surface area (Å²) in [5.41, 5.74) is 4.32. The van der Waals surface area contributed by atoms with Gasteiger partial charge in [-0.3, -0.25) is 4.79 Å². The van der Waals surface area contributed by atoms with E-state index < -0.39 is 11.5 Å². The Labute approximate surface area is 279 Å². The molecule has 3 aliphatic carbocycles. The van der Waals surface area contributed by atoms with Crippen LogP contribution in [0.4, 0.5) is 5.69 Å². The number of aromatic hydroxyl groups is 1. The summed E-state index contributed by atoms with van der Waals surface area (Å²) in [6, 6.07) is 14.3. The lowest BCUT2D eigenvalue weighted by atomic mass is 9.55. The summed E-state index contributed by atoms with van der Waals surface area (Å²) < 4.78 is 0. The summed E-state index contributed by atoms with van der Waals surface area (Å²) in [5.74, 6) is 2.89. The van der Waals surface area contributed by atoms with Crippen molar-refractivity contribution in [1.82, 2.24) is 5.32 Å². The maximum Gasteiger partial charge on any atom is 0.220 e. The summed E-state index contributed by atoms with van der Waals surface area (Å²) >= 11 is 11.9. The van der Waals surface area contributed by atoms with E-state index in [1.54, 1.807) is 0 Å². The number of unbranched alkanes of at least 4 members (excludes halogenated alkanes) is 1. The van der Waals surface area contributed by atoms with Crippen LogP contribution < -0.4 is 10.2 Å². The molecule has 4 N–H and O–H groups in total. The third kappa shape index (κ3) is 7.45. The lowest BCUT2D eigenvalue weighted by Crippen LogP contribution is -2.46. The number of benzene rings is 2. The van der Waals surface area contributed by atoms with Crippen molar-refractivity contribution in [3.63, 3.8) is 0 Å². The van der Waals surface area contributed by atoms with E-state index in [4.69, 9.17) is 23.2 Å². The van der Waals surface area contributed by atoms with E-state index >= 15 is 0 Å². The van der Waals surface area contributed by atoms with Crippen LogP contribution in [0.2, 0.25) is 0 Å². The highest BCUT2D eigenvalue weighted by molar-refractivity contribution is 6.18. The SMILES string of the molecule is C[C@]12CC[C@@H]3c4ccc(O)cc4CC[C@H]3[C@@H]1C[C@@](CO)(CCCCNC(=O)CCCc1ccc(N(CCCl)CCCl)cc1)[C@@H]2O. The largest absolute Gasteiger partial charge is 0.508 e. The highest BCUT2D eigenvalue weighted by atomic mass is 35.5. The average molecular weight is 660 g/mol. The third-order valence-corrected chi connectivity index (χ3v) is 11.9. The number of hydrogen-bond donors (Lipinski definition) is 4. The topological polar surface area (TPSA) is 93.0 Å². The summed E-state index contributed by atoms with van der Waals surface area (Å²) in [7, 11) is 0. The van der Waals surface area contributed by atoms with Gasteiger partial charge in [0.1, 0.15) is 5.75 Å². The Kier molecular flexibility index (Phi) is 11.7. The molecule has 2 aromatic rings. The fourth-order valence-electron chi connectivity index (χ4n) is 9.18. The summed E-state index contributed by atoms with van der Waals surface area (Å²) in [6.07, 6.45) is 9.03. The van der Waals surface area contributed by atoms with Crippen LogP contribution in [-0.2, 0) is 17.6 Å². The van der Waals surface area contributed by atoms with Crippen molar-refractivity contribution in [2.75, 3.05) is 42.9 Å². The Morgan fingerprint density at radius 1 is 1.04 bits per heavy atom. The molecule has 2 saturated carbocycles. The van der Waals surface area contributed by atoms with Crippen LogP contribution in [0.5, 0.6) is 5.75 Å². The van der Waals surface area contributed by atoms with E-state index in [0.29, 0.717) is 48.2 Å². The zero-order chi connectivity index (χ0) is 32.0. The molecule has 248 valence electrons. The highest BCUT2D eigenvalue weighted by Gasteiger charge is 2.63. The summed E-state index contributed by atoms with van der Waals surface area (Å²) in [5, 5.41) is 35.5. The predicted octanol–water partition coefficient (Wildman–Crippen LogP) is 6.79. The van der Waals surface area contributed by atoms with Crippen molar-refractivity contribution >= 4 is 34.8 Å². The van der Waals surface area contributed by atoms with E-state index in [0.717, 1.165) is 83.0 Å². The molecule has 45 heavy (non-hydrogen) atoms. The minimum Gasteiger partial charge on any atom is -0.508 e. The van der Waals surface area contributed by atoms with Crippen LogP contribution in [0.1, 0.15) is 87.3 Å². The molecular weight excluding hydrogens is 607 g/mol. The molecule has 2 fully saturated rings. The predicted molar refractivity (Wildman–Crippen MR) is 184 cm³/mol. The maximum atomic E-state index is 12.5. The van der Waals surface area contributed by atoms with Crippen molar-refractivity contribution in [1.29, 1.82) is 0 Å². The number of anilines is 1. The number of phenols is 1. The Balaban J connectivity index is 1.05. The normalized spacial score (nSPS) is 28.6. The first kappa shape index (κ1) is 34.3. The fraction of sp³-hybridized carbons (Fsp3) is 0.649. The minimum atomic E-state index is -0.519. The lowest BCUT2D eigenvalue weighted by molar-refractivity contribution is -0.121. The molecule has 0 saturated heterocycles. The van der Waals surface area contributed by atoms with Gasteiger partial charge in [0.05, 0.1) is 12.7 Å². The number of alkyl halides is 2. The van der Waals surface area contributed by atoms with Gasteiger partial charge in [-0.2, -0.15) is 0 Å². The third-order valence-electron chi connectivity index (χ3n) is 11.6. The van der Waals surface area contributed by atoms with E-state index in [-0.39, 0.29) is 17.9 Å². The van der Waals surface area contributed by atoms with Gasteiger partial charge in [0, 0.05) is 48.9 Å². The van der Waals surface area contributed by atoms with E-state index in [2.05, 4.69) is 47.5 Å². The smallest absolute Gasteiger partial charge is 0.220 e. The number of hydrogen-bond acceptors (Lipinski definition) is 5. The molecule has 1 amide bonds. The molecule has 0 unspecified atom stereocenters. The second-order valence-electron chi connectivity index (χ2n) is 14.2. The summed E-state index contributed by atoms with van der Waals surface area (Å²) in [4.78, 5) is 14.7. The molecule has 0 radical (unpaired) electrons. The lowest BCUT2D eigenvalue weighted by Gasteiger charge is -2.50. The van der Waals surface area contributed by atoms with Crippen LogP contribution in [0.25, 0.3) is 0 Å². The van der Waals surface area contributed by atoms with Gasteiger partial charge in [-0.25, -0.2) is 0 Å². The Morgan fingerprint density at radius 3 is 2.51 bits per heavy atom. The zero-order valence-electron chi connectivity index (χ0n) is 26.8. The molecule has 0 spiro atoms. The van der Waals surface area contributed by atoms with E-state index in [1.165, 1.54) is 16.7 Å². The van der Waals surface area contributed by atoms with Crippen molar-refractivity contribution in [3.8, 4) is 5.75 Å². The minimum absolute atomic E-state index is 0.00684. The number of aliphatic hydroxyl groups excluding tert-OH is 2. The number of carbonyl (C=O) groups excluding carboxylic acids is 1. The molecule has 0 aliphatic heterocycles. The Morgan fingerprint density at radius 2 is 1.80 bits per heavy atom. The quantitative estimate of drug-likeness (QED) is 0.125. The van der Waals surface area contributed by atoms with Gasteiger partial charge < -0.3 is 25.5 Å². The van der Waals surface area contributed by atoms with Gasteiger partial charge >= 0.3 is 0 Å². The number of aliphatic hydroxyl groups is 2. The van der Waals surface area contributed by atoms with Crippen molar-refractivity contribution < 1.29 is 20.1 Å². The summed E-state index contributed by atoms with van der Waals surface area (Å²) in [6.45, 7) is 4.41. The number of rotatable bonds is 15. The van der Waals surface area contributed by atoms with Crippen molar-refractivity contribution in [3.05, 3.63) is 59.2 Å². The molecule has 0 bridgehead atoms. The van der Waals surface area contributed by atoms with Gasteiger partial charge in [-0.15, -0.1) is 23.2 Å². The maximum absolute atomic E-state index is 12.5. The first-order valence-electron chi connectivity index (χ1n) is 17.1. The van der Waals surface area contributed by atoms with Crippen LogP contribution in [-0.4, -0.2) is 65.3 Å². The number of amides is 1. The average Bonchev–Trinajstić information content (AvgIpc) is 3.27. The molecule has 0 heterocycles. The van der Waals surface area contributed by atoms with Gasteiger partial charge in [0.25, 0.3) is 0 Å². The number of aryl methyl sites for hydroxylation is 2. The monoisotopic (exact) mass is 658 g/mol. The van der Waals surface area contributed by atoms with Crippen LogP contribution in [0.15, 0.2) is 42.5 Å². The molecule has 3 aliphatic rings. The van der Waals surface area contributed by atoms with E-state index in [1.807, 2.05) is 12.1 Å². The number of carbonyl (C=O) groups is 1. The number of phenolic OH excluding ortho intramolecular Hbond substituents is 1. The first-order chi connectivity index (χ1) is 21.7. The van der Waals surface area contributed by atoms with Crippen molar-refractivity contribution in [2.45, 2.75) is 89.6 Å². The van der Waals surface area contributed by atoms with Crippen molar-refractivity contribution in [2.24, 2.45) is 22.7 Å². The van der Waals surface area contributed by atoms with E-state index in [9.17, 15) is 20.1 Å². The van der Waals surface area contributed by atoms with Gasteiger partial charge in [-0.05, 0) is 122 Å². The number of fused-ring (bicyclic) bond motifs is 5. The highest BCUT2D eigenvalue weighted by Crippen LogP contribution is 2.66. The van der Waals surface area contributed by atoms with Crippen LogP contribution in [0, 0.1) is 22.7 Å². The number of nitrogens with one attached hydrogen (secondary N) is 1. The fourth-order valence-corrected chi connectivity index (χ4v) is 9.59. The second-order valence-corrected chi connectivity index (χ2v) is 14.9. The first-order valence-corrected chi connectivity index (χ1v) is 18.1. The van der Waals surface area contributed by atoms with Gasteiger partial charge in [0.2, 0.25) is 5.91 Å². The second kappa shape index (κ2) is 15.3. The zero-order valence-corrected chi connectivity index (χ0v) is 28.3. The molecule has 6 atom stereocenters. The number of halogens is 2. The number of nitrogens with zero attached hydrogens (tertiary/aromatic N) is 1. The van der Waals surface area contributed by atoms with Crippen LogP contribution in [0.3, 0.4) is 0 Å². The molecule has 0 aromatic heterocycles. The van der Waals surface area contributed by atoms with Gasteiger partial charge in [0.15, 0.2) is 0 Å². The molecule has 6 nitrogen and oxygen atoms in total. The Bertz CT molecular complexity index is 1270. The molecule has 2 aromatic carbocycles. The van der Waals surface area contributed by atoms with Gasteiger partial charge in [-0.1, -0.05) is 31.5 Å². The molecule has 5 rings (SSSR count). The van der Waals surface area contributed by atoms with Crippen LogP contribution >= 0.6 is 23.2 Å². The molecule has 8 heteroatoms. The Hall–Kier alpha value is -1.99. The standard InChI is InChI=1S/C37H52Cl2N2O4/c1-36-17-15-31-30-14-12-29(43)23-27(30)9-13-32(31)33(36)24-37(25-42,35(36)45)16-2-3-20-40-34(44)6-4-5-26-7-10-28(11-8-26)41(21-18-38)22-19-39/h7-8,10-12,14,23,31-33,35,42-43,45H,2-6,9,13,15-22,24-25H2,1H3,(H,40,44)/t31-,32-,33+,35-,36+,37-/m1/s1.